The molecule has 0 aromatic rings. The van der Waals surface area contributed by atoms with Gasteiger partial charge in [0.05, 0.1) is 6.10 Å². The highest BCUT2D eigenvalue weighted by Crippen LogP contribution is 2.63. The van der Waals surface area contributed by atoms with E-state index in [1.54, 1.807) is 0 Å². The van der Waals surface area contributed by atoms with Gasteiger partial charge in [0.2, 0.25) is 0 Å². The zero-order valence-corrected chi connectivity index (χ0v) is 17.6. The summed E-state index contributed by atoms with van der Waals surface area (Å²) in [4.78, 5) is 0. The molecule has 0 radical (unpaired) electrons. The number of hydrogen-bond donors (Lipinski definition) is 1. The Bertz CT molecular complexity index is 430. The van der Waals surface area contributed by atoms with Gasteiger partial charge < -0.3 is 5.11 Å². The molecule has 25 heavy (non-hydrogen) atoms. The molecule has 0 aliphatic heterocycles. The lowest BCUT2D eigenvalue weighted by atomic mass is 9.44. The maximum atomic E-state index is 10.4. The van der Waals surface area contributed by atoms with E-state index in [-0.39, 0.29) is 6.10 Å². The summed E-state index contributed by atoms with van der Waals surface area (Å²) in [6.07, 6.45) is 14.4. The Morgan fingerprint density at radius 1 is 0.880 bits per heavy atom. The Labute approximate surface area is 157 Å². The van der Waals surface area contributed by atoms with E-state index in [1.807, 2.05) is 13.8 Å². The standard InChI is InChI=1S/C22H38O.C2H6/c1-14-7-9-17-16(13-14)8-10-19-18(17)11-12-22(3)20(15(2)23)5-4-6-21(19)22;1-2/h14-21,23H,4-13H2,1-3H3;1-2H3. The predicted octanol–water partition coefficient (Wildman–Crippen LogP) is 6.69. The molecule has 0 aromatic heterocycles. The maximum Gasteiger partial charge on any atom is 0.0545 e. The number of aliphatic hydroxyl groups is 1. The van der Waals surface area contributed by atoms with Crippen LogP contribution in [0.5, 0.6) is 0 Å². The third-order valence-electron chi connectivity index (χ3n) is 9.11. The van der Waals surface area contributed by atoms with Gasteiger partial charge in [-0.2, -0.15) is 0 Å². The van der Waals surface area contributed by atoms with Crippen molar-refractivity contribution in [3.63, 3.8) is 0 Å². The van der Waals surface area contributed by atoms with Gasteiger partial charge in [0.1, 0.15) is 0 Å². The Morgan fingerprint density at radius 2 is 1.60 bits per heavy atom. The van der Waals surface area contributed by atoms with Crippen LogP contribution in [0.1, 0.15) is 98.8 Å². The highest BCUT2D eigenvalue weighted by atomic mass is 16.3. The van der Waals surface area contributed by atoms with Gasteiger partial charge in [-0.3, -0.25) is 0 Å². The van der Waals surface area contributed by atoms with Crippen LogP contribution in [0.3, 0.4) is 0 Å². The highest BCUT2D eigenvalue weighted by Gasteiger charge is 2.55. The fraction of sp³-hybridized carbons (Fsp3) is 1.00. The number of aliphatic hydroxyl groups excluding tert-OH is 1. The van der Waals surface area contributed by atoms with Gasteiger partial charge in [-0.15, -0.1) is 0 Å². The van der Waals surface area contributed by atoms with E-state index >= 15 is 0 Å². The van der Waals surface area contributed by atoms with E-state index in [1.165, 1.54) is 64.2 Å². The molecule has 1 heteroatoms. The van der Waals surface area contributed by atoms with Gasteiger partial charge in [-0.25, -0.2) is 0 Å². The van der Waals surface area contributed by atoms with Crippen LogP contribution < -0.4 is 0 Å². The van der Waals surface area contributed by atoms with Crippen molar-refractivity contribution in [2.45, 2.75) is 105 Å². The summed E-state index contributed by atoms with van der Waals surface area (Å²) in [7, 11) is 0. The molecule has 4 fully saturated rings. The van der Waals surface area contributed by atoms with E-state index in [0.29, 0.717) is 11.3 Å². The molecule has 1 nitrogen and oxygen atoms in total. The van der Waals surface area contributed by atoms with Crippen molar-refractivity contribution < 1.29 is 5.11 Å². The minimum atomic E-state index is -0.105. The highest BCUT2D eigenvalue weighted by molar-refractivity contribution is 5.05. The average Bonchev–Trinajstić information content (AvgIpc) is 2.61. The first-order valence-electron chi connectivity index (χ1n) is 11.7. The Kier molecular flexibility index (Phi) is 6.24. The molecule has 4 aliphatic rings. The lowest BCUT2D eigenvalue weighted by Crippen LogP contribution is -2.54. The van der Waals surface area contributed by atoms with Crippen molar-refractivity contribution in [2.24, 2.45) is 46.8 Å². The summed E-state index contributed by atoms with van der Waals surface area (Å²) in [5.41, 5.74) is 0.433. The number of hydrogen-bond acceptors (Lipinski definition) is 1. The smallest absolute Gasteiger partial charge is 0.0545 e. The van der Waals surface area contributed by atoms with Crippen molar-refractivity contribution in [1.29, 1.82) is 0 Å². The topological polar surface area (TPSA) is 20.2 Å². The molecule has 0 bridgehead atoms. The summed E-state index contributed by atoms with van der Waals surface area (Å²) in [5.74, 6) is 6.59. The van der Waals surface area contributed by atoms with Gasteiger partial charge >= 0.3 is 0 Å². The number of fused-ring (bicyclic) bond motifs is 5. The summed E-state index contributed by atoms with van der Waals surface area (Å²) in [6, 6.07) is 0. The lowest BCUT2D eigenvalue weighted by molar-refractivity contribution is -0.131. The second kappa shape index (κ2) is 7.91. The molecule has 4 rings (SSSR count). The Hall–Kier alpha value is -0.0400. The fourth-order valence-corrected chi connectivity index (χ4v) is 8.12. The summed E-state index contributed by atoms with van der Waals surface area (Å²) >= 11 is 0. The van der Waals surface area contributed by atoms with Crippen molar-refractivity contribution in [3.8, 4) is 0 Å². The molecule has 9 atom stereocenters. The average molecular weight is 349 g/mol. The van der Waals surface area contributed by atoms with E-state index in [9.17, 15) is 5.11 Å². The van der Waals surface area contributed by atoms with Gasteiger partial charge in [0.15, 0.2) is 0 Å². The molecule has 0 amide bonds. The molecular weight excluding hydrogens is 304 g/mol. The van der Waals surface area contributed by atoms with Crippen molar-refractivity contribution >= 4 is 0 Å². The molecule has 0 spiro atoms. The van der Waals surface area contributed by atoms with Crippen LogP contribution in [0.2, 0.25) is 0 Å². The van der Waals surface area contributed by atoms with E-state index < -0.39 is 0 Å². The van der Waals surface area contributed by atoms with Crippen LogP contribution in [-0.2, 0) is 0 Å². The third kappa shape index (κ3) is 3.44. The number of rotatable bonds is 1. The third-order valence-corrected chi connectivity index (χ3v) is 9.11. The summed E-state index contributed by atoms with van der Waals surface area (Å²) < 4.78 is 0. The predicted molar refractivity (Wildman–Crippen MR) is 107 cm³/mol. The van der Waals surface area contributed by atoms with Crippen LogP contribution in [0, 0.1) is 46.8 Å². The minimum Gasteiger partial charge on any atom is -0.393 e. The van der Waals surface area contributed by atoms with Gasteiger partial charge in [0, 0.05) is 0 Å². The molecule has 9 unspecified atom stereocenters. The van der Waals surface area contributed by atoms with Crippen molar-refractivity contribution in [3.05, 3.63) is 0 Å². The lowest BCUT2D eigenvalue weighted by Gasteiger charge is -2.61. The van der Waals surface area contributed by atoms with Crippen molar-refractivity contribution in [1.82, 2.24) is 0 Å². The molecule has 4 aliphatic carbocycles. The van der Waals surface area contributed by atoms with Crippen LogP contribution in [0.4, 0.5) is 0 Å². The zero-order chi connectivity index (χ0) is 18.2. The normalized spacial score (nSPS) is 50.4. The first-order chi connectivity index (χ1) is 12.0. The summed E-state index contributed by atoms with van der Waals surface area (Å²) in [5, 5.41) is 10.4. The molecule has 0 saturated heterocycles. The molecule has 1 N–H and O–H groups in total. The van der Waals surface area contributed by atoms with Crippen molar-refractivity contribution in [2.75, 3.05) is 0 Å². The largest absolute Gasteiger partial charge is 0.393 e. The van der Waals surface area contributed by atoms with Crippen LogP contribution in [0.25, 0.3) is 0 Å². The van der Waals surface area contributed by atoms with Gasteiger partial charge in [-0.1, -0.05) is 40.5 Å². The van der Waals surface area contributed by atoms with E-state index in [4.69, 9.17) is 0 Å². The first kappa shape index (κ1) is 19.7. The van der Waals surface area contributed by atoms with Crippen LogP contribution in [0.15, 0.2) is 0 Å². The molecule has 4 saturated carbocycles. The van der Waals surface area contributed by atoms with Crippen LogP contribution in [-0.4, -0.2) is 11.2 Å². The minimum absolute atomic E-state index is 0.105. The monoisotopic (exact) mass is 348 g/mol. The molecule has 146 valence electrons. The zero-order valence-electron chi connectivity index (χ0n) is 17.6. The second-order valence-corrected chi connectivity index (χ2v) is 10.2. The quantitative estimate of drug-likeness (QED) is 0.560. The van der Waals surface area contributed by atoms with E-state index in [0.717, 1.165) is 35.5 Å². The van der Waals surface area contributed by atoms with Crippen LogP contribution >= 0.6 is 0 Å². The Balaban J connectivity index is 0.000000880. The van der Waals surface area contributed by atoms with Gasteiger partial charge in [-0.05, 0) is 105 Å². The molecule has 0 heterocycles. The SMILES string of the molecule is CC.CC1CCC2C(CCC3C2CCC2(C)C(C(C)O)CCCC32)C1. The summed E-state index contributed by atoms with van der Waals surface area (Å²) in [6.45, 7) is 11.1. The molecular formula is C24H44O. The molecule has 0 aromatic carbocycles. The fourth-order valence-electron chi connectivity index (χ4n) is 8.12. The Morgan fingerprint density at radius 3 is 2.32 bits per heavy atom. The first-order valence-corrected chi connectivity index (χ1v) is 11.7. The van der Waals surface area contributed by atoms with E-state index in [2.05, 4.69) is 20.8 Å². The maximum absolute atomic E-state index is 10.4. The van der Waals surface area contributed by atoms with Gasteiger partial charge in [0.25, 0.3) is 0 Å². The second-order valence-electron chi connectivity index (χ2n) is 10.2.